The van der Waals surface area contributed by atoms with Gasteiger partial charge in [-0.15, -0.1) is 0 Å². The van der Waals surface area contributed by atoms with Crippen LogP contribution in [0.2, 0.25) is 10.0 Å². The van der Waals surface area contributed by atoms with Crippen LogP contribution in [0, 0.1) is 0 Å². The third kappa shape index (κ3) is 2.01. The highest BCUT2D eigenvalue weighted by Gasteiger charge is 2.12. The van der Waals surface area contributed by atoms with Gasteiger partial charge >= 0.3 is 6.09 Å². The molecule has 0 amide bonds. The number of hydrogen-bond donors (Lipinski definition) is 0. The van der Waals surface area contributed by atoms with Crippen molar-refractivity contribution in [3.8, 4) is 0 Å². The normalized spacial score (nSPS) is 10.5. The van der Waals surface area contributed by atoms with Gasteiger partial charge in [-0.25, -0.2) is 4.79 Å². The lowest BCUT2D eigenvalue weighted by Gasteiger charge is -2.08. The van der Waals surface area contributed by atoms with Crippen molar-refractivity contribution < 1.29 is 9.53 Å². The molecule has 0 spiro atoms. The second-order valence-corrected chi connectivity index (χ2v) is 4.15. The van der Waals surface area contributed by atoms with Gasteiger partial charge in [0.05, 0.1) is 23.0 Å². The average molecular weight is 272 g/mol. The van der Waals surface area contributed by atoms with Crippen molar-refractivity contribution in [3.63, 3.8) is 0 Å². The highest BCUT2D eigenvalue weighted by atomic mass is 35.5. The monoisotopic (exact) mass is 271 g/mol. The van der Waals surface area contributed by atoms with Crippen molar-refractivity contribution >= 4 is 40.2 Å². The Bertz CT molecular complexity index is 664. The van der Waals surface area contributed by atoms with Crippen LogP contribution >= 0.6 is 23.2 Å². The molecular weight excluding hydrogens is 265 g/mol. The Kier molecular flexibility index (Phi) is 3.09. The zero-order valence-electron chi connectivity index (χ0n) is 8.74. The van der Waals surface area contributed by atoms with E-state index in [2.05, 4.69) is 4.74 Å². The quantitative estimate of drug-likeness (QED) is 0.740. The molecule has 0 saturated carbocycles. The molecule has 0 fully saturated rings. The number of pyridine rings is 1. The van der Waals surface area contributed by atoms with Crippen LogP contribution < -0.4 is 5.43 Å². The molecule has 0 bridgehead atoms. The summed E-state index contributed by atoms with van der Waals surface area (Å²) in [6.45, 7) is 0. The van der Waals surface area contributed by atoms with Gasteiger partial charge in [0, 0.05) is 17.3 Å². The summed E-state index contributed by atoms with van der Waals surface area (Å²) in [6, 6.07) is 4.19. The summed E-state index contributed by atoms with van der Waals surface area (Å²) in [6.07, 6.45) is 0.705. The van der Waals surface area contributed by atoms with Gasteiger partial charge in [-0.2, -0.15) is 0 Å². The Balaban J connectivity index is 2.94. The Morgan fingerprint density at radius 1 is 1.35 bits per heavy atom. The van der Waals surface area contributed by atoms with Crippen LogP contribution in [-0.4, -0.2) is 17.8 Å². The summed E-state index contributed by atoms with van der Waals surface area (Å²) in [5.41, 5.74) is 0.0451. The van der Waals surface area contributed by atoms with Gasteiger partial charge in [0.25, 0.3) is 0 Å². The number of nitrogens with zero attached hydrogens (tertiary/aromatic N) is 1. The Labute approximate surface area is 106 Å². The molecule has 4 nitrogen and oxygen atoms in total. The molecule has 0 saturated heterocycles. The predicted molar refractivity (Wildman–Crippen MR) is 66.0 cm³/mol. The van der Waals surface area contributed by atoms with Crippen molar-refractivity contribution in [2.24, 2.45) is 0 Å². The van der Waals surface area contributed by atoms with Crippen LogP contribution in [0.15, 0.2) is 29.2 Å². The van der Waals surface area contributed by atoms with Gasteiger partial charge in [0.15, 0.2) is 5.43 Å². The number of carbonyl (C=O) groups excluding carboxylic acids is 1. The van der Waals surface area contributed by atoms with Gasteiger partial charge < -0.3 is 4.74 Å². The summed E-state index contributed by atoms with van der Waals surface area (Å²) in [5.74, 6) is 0. The number of fused-ring (bicyclic) bond motifs is 1. The molecule has 0 aliphatic heterocycles. The van der Waals surface area contributed by atoms with E-state index in [9.17, 15) is 9.59 Å². The van der Waals surface area contributed by atoms with Crippen molar-refractivity contribution in [3.05, 3.63) is 44.7 Å². The van der Waals surface area contributed by atoms with E-state index in [-0.39, 0.29) is 15.8 Å². The molecule has 1 aromatic heterocycles. The number of benzene rings is 1. The molecule has 0 unspecified atom stereocenters. The summed E-state index contributed by atoms with van der Waals surface area (Å²) >= 11 is 11.8. The van der Waals surface area contributed by atoms with Crippen molar-refractivity contribution in [2.45, 2.75) is 0 Å². The van der Waals surface area contributed by atoms with Crippen molar-refractivity contribution in [1.29, 1.82) is 0 Å². The zero-order chi connectivity index (χ0) is 12.6. The number of methoxy groups -OCH3 is 1. The topological polar surface area (TPSA) is 48.3 Å². The van der Waals surface area contributed by atoms with Crippen molar-refractivity contribution in [1.82, 2.24) is 4.57 Å². The highest BCUT2D eigenvalue weighted by molar-refractivity contribution is 6.38. The molecule has 2 rings (SSSR count). The summed E-state index contributed by atoms with van der Waals surface area (Å²) < 4.78 is 5.77. The Hall–Kier alpha value is -1.52. The molecule has 1 aromatic carbocycles. The van der Waals surface area contributed by atoms with Gasteiger partial charge in [-0.3, -0.25) is 9.36 Å². The number of rotatable bonds is 0. The summed E-state index contributed by atoms with van der Waals surface area (Å²) in [4.78, 5) is 23.2. The van der Waals surface area contributed by atoms with E-state index >= 15 is 0 Å². The number of hydrogen-bond acceptors (Lipinski definition) is 3. The van der Waals surface area contributed by atoms with E-state index in [0.717, 1.165) is 0 Å². The molecule has 0 aliphatic carbocycles. The number of aromatic nitrogens is 1. The molecule has 1 heterocycles. The molecule has 17 heavy (non-hydrogen) atoms. The lowest BCUT2D eigenvalue weighted by molar-refractivity contribution is 0.174. The third-order valence-electron chi connectivity index (χ3n) is 2.29. The number of halogens is 2. The fourth-order valence-corrected chi connectivity index (χ4v) is 2.13. The fraction of sp³-hybridized carbons (Fsp3) is 0.0909. The molecule has 6 heteroatoms. The van der Waals surface area contributed by atoms with Gasteiger partial charge in [-0.05, 0) is 12.1 Å². The Morgan fingerprint density at radius 3 is 2.71 bits per heavy atom. The largest absolute Gasteiger partial charge is 0.452 e. The van der Waals surface area contributed by atoms with E-state index in [1.54, 1.807) is 0 Å². The maximum absolute atomic E-state index is 11.7. The zero-order valence-corrected chi connectivity index (χ0v) is 10.2. The molecule has 88 valence electrons. The SMILES string of the molecule is COC(=O)n1ccc(=O)c2c(Cl)cc(Cl)cc21. The minimum absolute atomic E-state index is 0.204. The first-order valence-electron chi connectivity index (χ1n) is 4.63. The van der Waals surface area contributed by atoms with Crippen LogP contribution in [0.25, 0.3) is 10.9 Å². The molecule has 0 N–H and O–H groups in total. The second-order valence-electron chi connectivity index (χ2n) is 3.30. The molecule has 0 aliphatic rings. The molecular formula is C11H7Cl2NO3. The van der Waals surface area contributed by atoms with E-state index in [4.69, 9.17) is 23.2 Å². The van der Waals surface area contributed by atoms with E-state index in [1.807, 2.05) is 0 Å². The van der Waals surface area contributed by atoms with E-state index in [1.165, 1.54) is 36.1 Å². The fourth-order valence-electron chi connectivity index (χ4n) is 1.56. The van der Waals surface area contributed by atoms with E-state index < -0.39 is 6.09 Å². The minimum Gasteiger partial charge on any atom is -0.452 e. The van der Waals surface area contributed by atoms with E-state index in [0.29, 0.717) is 10.5 Å². The lowest BCUT2D eigenvalue weighted by Crippen LogP contribution is -2.16. The Morgan fingerprint density at radius 2 is 2.06 bits per heavy atom. The molecule has 0 atom stereocenters. The van der Waals surface area contributed by atoms with Crippen LogP contribution in [0.3, 0.4) is 0 Å². The van der Waals surface area contributed by atoms with Crippen LogP contribution in [-0.2, 0) is 4.74 Å². The first-order valence-corrected chi connectivity index (χ1v) is 5.39. The van der Waals surface area contributed by atoms with Crippen LogP contribution in [0.5, 0.6) is 0 Å². The maximum atomic E-state index is 11.7. The first kappa shape index (κ1) is 12.0. The third-order valence-corrected chi connectivity index (χ3v) is 2.80. The minimum atomic E-state index is -0.617. The lowest BCUT2D eigenvalue weighted by atomic mass is 10.2. The molecule has 2 aromatic rings. The van der Waals surface area contributed by atoms with Gasteiger partial charge in [-0.1, -0.05) is 23.2 Å². The number of ether oxygens (including phenoxy) is 1. The maximum Gasteiger partial charge on any atom is 0.418 e. The smallest absolute Gasteiger partial charge is 0.418 e. The van der Waals surface area contributed by atoms with Gasteiger partial charge in [0.2, 0.25) is 0 Å². The molecule has 0 radical (unpaired) electrons. The van der Waals surface area contributed by atoms with Crippen LogP contribution in [0.4, 0.5) is 4.79 Å². The van der Waals surface area contributed by atoms with Crippen molar-refractivity contribution in [2.75, 3.05) is 7.11 Å². The van der Waals surface area contributed by atoms with Crippen LogP contribution in [0.1, 0.15) is 0 Å². The summed E-state index contributed by atoms with van der Waals surface area (Å²) in [5, 5.41) is 0.783. The van der Waals surface area contributed by atoms with Gasteiger partial charge in [0.1, 0.15) is 0 Å². The summed E-state index contributed by atoms with van der Waals surface area (Å²) in [7, 11) is 1.25. The second kappa shape index (κ2) is 4.39. The average Bonchev–Trinajstić information content (AvgIpc) is 2.27. The highest BCUT2D eigenvalue weighted by Crippen LogP contribution is 2.25. The predicted octanol–water partition coefficient (Wildman–Crippen LogP) is 2.92. The number of carbonyl (C=O) groups is 1. The standard InChI is InChI=1S/C11H7Cl2NO3/c1-17-11(16)14-3-2-9(15)10-7(13)4-6(12)5-8(10)14/h2-5H,1H3. The first-order chi connectivity index (χ1) is 8.04.